The minimum Gasteiger partial charge on any atom is -0.368 e. The molecule has 1 aromatic carbocycles. The molecule has 1 aliphatic rings. The predicted octanol–water partition coefficient (Wildman–Crippen LogP) is 1.06. The van der Waals surface area contributed by atoms with E-state index in [4.69, 9.17) is 0 Å². The third kappa shape index (κ3) is 2.52. The highest BCUT2D eigenvalue weighted by Gasteiger charge is 2.28. The molecule has 0 saturated heterocycles. The fraction of sp³-hybridized carbons (Fsp3) is 0.538. The SMILES string of the molecule is CCc1ccc2c(c1)S(=O)(=O)CCN2CCNC. The predicted molar refractivity (Wildman–Crippen MR) is 74.0 cm³/mol. The average Bonchev–Trinajstić information content (AvgIpc) is 2.38. The number of fused-ring (bicyclic) bond motifs is 1. The highest BCUT2D eigenvalue weighted by molar-refractivity contribution is 7.91. The summed E-state index contributed by atoms with van der Waals surface area (Å²) in [5.74, 6) is 0.219. The van der Waals surface area contributed by atoms with Crippen molar-refractivity contribution in [3.8, 4) is 0 Å². The van der Waals surface area contributed by atoms with Crippen LogP contribution in [0.4, 0.5) is 5.69 Å². The zero-order chi connectivity index (χ0) is 13.2. The first-order chi connectivity index (χ1) is 8.58. The first-order valence-electron chi connectivity index (χ1n) is 6.33. The lowest BCUT2D eigenvalue weighted by molar-refractivity contribution is 0.588. The Morgan fingerprint density at radius 2 is 2.17 bits per heavy atom. The van der Waals surface area contributed by atoms with Crippen molar-refractivity contribution in [3.05, 3.63) is 23.8 Å². The average molecular weight is 268 g/mol. The minimum atomic E-state index is -3.09. The molecule has 1 aromatic rings. The van der Waals surface area contributed by atoms with Gasteiger partial charge in [0.1, 0.15) is 0 Å². The van der Waals surface area contributed by atoms with Gasteiger partial charge in [-0.15, -0.1) is 0 Å². The molecule has 0 saturated carbocycles. The molecule has 1 heterocycles. The Labute approximate surface area is 109 Å². The van der Waals surface area contributed by atoms with Crippen molar-refractivity contribution in [2.45, 2.75) is 18.2 Å². The van der Waals surface area contributed by atoms with Crippen molar-refractivity contribution < 1.29 is 8.42 Å². The van der Waals surface area contributed by atoms with Crippen molar-refractivity contribution in [2.75, 3.05) is 37.3 Å². The Hall–Kier alpha value is -1.07. The molecule has 1 N–H and O–H groups in total. The molecule has 18 heavy (non-hydrogen) atoms. The van der Waals surface area contributed by atoms with E-state index in [9.17, 15) is 8.42 Å². The van der Waals surface area contributed by atoms with E-state index in [0.29, 0.717) is 11.4 Å². The van der Waals surface area contributed by atoms with E-state index in [2.05, 4.69) is 10.2 Å². The van der Waals surface area contributed by atoms with Gasteiger partial charge >= 0.3 is 0 Å². The highest BCUT2D eigenvalue weighted by atomic mass is 32.2. The van der Waals surface area contributed by atoms with Crippen LogP contribution in [-0.2, 0) is 16.3 Å². The largest absolute Gasteiger partial charge is 0.368 e. The number of likely N-dealkylation sites (N-methyl/N-ethyl adjacent to an activating group) is 1. The van der Waals surface area contributed by atoms with Crippen molar-refractivity contribution >= 4 is 15.5 Å². The molecule has 0 unspecified atom stereocenters. The summed E-state index contributed by atoms with van der Waals surface area (Å²) in [5, 5.41) is 3.10. The Balaban J connectivity index is 2.41. The number of hydrogen-bond acceptors (Lipinski definition) is 4. The van der Waals surface area contributed by atoms with Crippen LogP contribution in [0.15, 0.2) is 23.1 Å². The lowest BCUT2D eigenvalue weighted by Crippen LogP contribution is -2.39. The van der Waals surface area contributed by atoms with Crippen LogP contribution in [0, 0.1) is 0 Å². The van der Waals surface area contributed by atoms with Gasteiger partial charge in [-0.05, 0) is 31.2 Å². The van der Waals surface area contributed by atoms with Gasteiger partial charge in [0.25, 0.3) is 0 Å². The van der Waals surface area contributed by atoms with Gasteiger partial charge in [0.15, 0.2) is 9.84 Å². The van der Waals surface area contributed by atoms with Crippen molar-refractivity contribution in [2.24, 2.45) is 0 Å². The van der Waals surface area contributed by atoms with Gasteiger partial charge in [-0.3, -0.25) is 0 Å². The van der Waals surface area contributed by atoms with Gasteiger partial charge in [0.05, 0.1) is 16.3 Å². The molecular weight excluding hydrogens is 248 g/mol. The monoisotopic (exact) mass is 268 g/mol. The maximum absolute atomic E-state index is 12.1. The molecule has 5 heteroatoms. The highest BCUT2D eigenvalue weighted by Crippen LogP contribution is 2.31. The lowest BCUT2D eigenvalue weighted by Gasteiger charge is -2.31. The smallest absolute Gasteiger partial charge is 0.182 e. The van der Waals surface area contributed by atoms with E-state index in [1.165, 1.54) is 0 Å². The van der Waals surface area contributed by atoms with Gasteiger partial charge in [-0.1, -0.05) is 13.0 Å². The Kier molecular flexibility index (Phi) is 3.92. The molecule has 0 bridgehead atoms. The number of anilines is 1. The zero-order valence-electron chi connectivity index (χ0n) is 10.9. The molecule has 0 aromatic heterocycles. The summed E-state index contributed by atoms with van der Waals surface area (Å²) < 4.78 is 24.2. The van der Waals surface area contributed by atoms with Crippen LogP contribution >= 0.6 is 0 Å². The molecule has 0 amide bonds. The molecule has 4 nitrogen and oxygen atoms in total. The van der Waals surface area contributed by atoms with Crippen molar-refractivity contribution in [1.82, 2.24) is 5.32 Å². The number of sulfone groups is 1. The fourth-order valence-corrected chi connectivity index (χ4v) is 3.76. The molecule has 0 atom stereocenters. The minimum absolute atomic E-state index is 0.219. The summed E-state index contributed by atoms with van der Waals surface area (Å²) in [5.41, 5.74) is 1.93. The Bertz CT molecular complexity index is 526. The van der Waals surface area contributed by atoms with Crippen LogP contribution < -0.4 is 10.2 Å². The molecule has 0 spiro atoms. The molecule has 100 valence electrons. The van der Waals surface area contributed by atoms with Crippen LogP contribution in [0.5, 0.6) is 0 Å². The van der Waals surface area contributed by atoms with Crippen LogP contribution in [0.3, 0.4) is 0 Å². The Morgan fingerprint density at radius 3 is 2.83 bits per heavy atom. The molecule has 0 fully saturated rings. The third-order valence-corrected chi connectivity index (χ3v) is 5.09. The molecule has 0 aliphatic carbocycles. The van der Waals surface area contributed by atoms with Crippen molar-refractivity contribution in [1.29, 1.82) is 0 Å². The quantitative estimate of drug-likeness (QED) is 0.887. The van der Waals surface area contributed by atoms with E-state index < -0.39 is 9.84 Å². The maximum atomic E-state index is 12.1. The van der Waals surface area contributed by atoms with E-state index in [1.807, 2.05) is 32.2 Å². The van der Waals surface area contributed by atoms with Gasteiger partial charge < -0.3 is 10.2 Å². The molecule has 2 rings (SSSR count). The van der Waals surface area contributed by atoms with E-state index >= 15 is 0 Å². The topological polar surface area (TPSA) is 49.4 Å². The van der Waals surface area contributed by atoms with Crippen LogP contribution in [0.2, 0.25) is 0 Å². The van der Waals surface area contributed by atoms with Gasteiger partial charge in [-0.25, -0.2) is 8.42 Å². The summed E-state index contributed by atoms with van der Waals surface area (Å²) in [4.78, 5) is 2.65. The standard InChI is InChI=1S/C13H20N2O2S/c1-3-11-4-5-12-13(10-11)18(16,17)9-8-15(12)7-6-14-2/h4-5,10,14H,3,6-9H2,1-2H3. The molecule has 1 aliphatic heterocycles. The maximum Gasteiger partial charge on any atom is 0.182 e. The first-order valence-corrected chi connectivity index (χ1v) is 7.99. The third-order valence-electron chi connectivity index (χ3n) is 3.37. The number of benzene rings is 1. The lowest BCUT2D eigenvalue weighted by atomic mass is 10.1. The van der Waals surface area contributed by atoms with Gasteiger partial charge in [-0.2, -0.15) is 0 Å². The second-order valence-corrected chi connectivity index (χ2v) is 6.64. The second-order valence-electron chi connectivity index (χ2n) is 4.57. The Morgan fingerprint density at radius 1 is 1.39 bits per heavy atom. The number of aryl methyl sites for hydroxylation is 1. The number of hydrogen-bond donors (Lipinski definition) is 1. The van der Waals surface area contributed by atoms with Gasteiger partial charge in [0.2, 0.25) is 0 Å². The summed E-state index contributed by atoms with van der Waals surface area (Å²) in [6.45, 7) is 4.32. The zero-order valence-corrected chi connectivity index (χ0v) is 11.8. The molecular formula is C13H20N2O2S. The summed E-state index contributed by atoms with van der Waals surface area (Å²) in [7, 11) is -1.19. The normalized spacial score (nSPS) is 17.6. The summed E-state index contributed by atoms with van der Waals surface area (Å²) in [6.07, 6.45) is 0.860. The number of rotatable bonds is 4. The van der Waals surface area contributed by atoms with Gasteiger partial charge in [0, 0.05) is 19.6 Å². The van der Waals surface area contributed by atoms with E-state index in [-0.39, 0.29) is 5.75 Å². The second kappa shape index (κ2) is 5.28. The number of nitrogens with one attached hydrogen (secondary N) is 1. The van der Waals surface area contributed by atoms with E-state index in [0.717, 1.165) is 30.8 Å². The van der Waals surface area contributed by atoms with Crippen LogP contribution in [0.25, 0.3) is 0 Å². The first kappa shape index (κ1) is 13.4. The van der Waals surface area contributed by atoms with Crippen LogP contribution in [0.1, 0.15) is 12.5 Å². The fourth-order valence-electron chi connectivity index (χ4n) is 2.23. The number of nitrogens with zero attached hydrogens (tertiary/aromatic N) is 1. The molecule has 0 radical (unpaired) electrons. The summed E-state index contributed by atoms with van der Waals surface area (Å²) in [6, 6.07) is 5.79. The summed E-state index contributed by atoms with van der Waals surface area (Å²) >= 11 is 0. The van der Waals surface area contributed by atoms with Crippen molar-refractivity contribution in [3.63, 3.8) is 0 Å². The van der Waals surface area contributed by atoms with Crippen LogP contribution in [-0.4, -0.2) is 40.9 Å². The van der Waals surface area contributed by atoms with E-state index in [1.54, 1.807) is 0 Å².